The van der Waals surface area contributed by atoms with Gasteiger partial charge >= 0.3 is 0 Å². The van der Waals surface area contributed by atoms with Crippen molar-refractivity contribution in [3.05, 3.63) is 172 Å². The Morgan fingerprint density at radius 1 is 0.540 bits per heavy atom. The summed E-state index contributed by atoms with van der Waals surface area (Å²) in [7, 11) is -0.510. The minimum atomic E-state index is -1.12. The first-order valence-corrected chi connectivity index (χ1v) is 23.8. The van der Waals surface area contributed by atoms with Crippen molar-refractivity contribution < 1.29 is 9.05 Å². The lowest BCUT2D eigenvalue weighted by atomic mass is 10.1. The summed E-state index contributed by atoms with van der Waals surface area (Å²) in [4.78, 5) is 23.6. The SMILES string of the molecule is CC(C)(CNC(=S)Nc1ccccc1)OP1N(c2ccccc2)CCN1c1ccccc1.CNc1c(NCC(C)(C)OP2N(c3ccccc3)CCN2c2ccccc2)c(=O)c1=O. The van der Waals surface area contributed by atoms with Crippen LogP contribution >= 0.6 is 29.1 Å². The smallest absolute Gasteiger partial charge is 0.253 e. The molecule has 4 N–H and O–H groups in total. The van der Waals surface area contributed by atoms with Crippen molar-refractivity contribution in [2.24, 2.45) is 0 Å². The zero-order valence-corrected chi connectivity index (χ0v) is 39.0. The lowest BCUT2D eigenvalue weighted by Crippen LogP contribution is -2.42. The van der Waals surface area contributed by atoms with E-state index in [1.807, 2.05) is 92.7 Å². The molecule has 63 heavy (non-hydrogen) atoms. The molecule has 2 aliphatic heterocycles. The van der Waals surface area contributed by atoms with Crippen LogP contribution in [0, 0.1) is 0 Å². The van der Waals surface area contributed by atoms with Gasteiger partial charge in [-0.1, -0.05) is 91.0 Å². The molecule has 2 heterocycles. The molecule has 15 heteroatoms. The fraction of sp³-hybridized carbons (Fsp3) is 0.271. The van der Waals surface area contributed by atoms with Crippen molar-refractivity contribution in [3.63, 3.8) is 0 Å². The van der Waals surface area contributed by atoms with Crippen molar-refractivity contribution in [1.29, 1.82) is 0 Å². The third-order valence-electron chi connectivity index (χ3n) is 10.3. The van der Waals surface area contributed by atoms with E-state index in [-0.39, 0.29) is 0 Å². The number of benzene rings is 5. The van der Waals surface area contributed by atoms with Gasteiger partial charge in [0.15, 0.2) is 5.11 Å². The molecule has 6 aromatic carbocycles. The van der Waals surface area contributed by atoms with E-state index in [0.717, 1.165) is 43.2 Å². The summed E-state index contributed by atoms with van der Waals surface area (Å²) in [6, 6.07) is 51.5. The highest BCUT2D eigenvalue weighted by molar-refractivity contribution is 7.80. The van der Waals surface area contributed by atoms with Crippen LogP contribution in [0.15, 0.2) is 161 Å². The van der Waals surface area contributed by atoms with Gasteiger partial charge in [-0.05, 0) is 101 Å². The van der Waals surface area contributed by atoms with Crippen molar-refractivity contribution in [1.82, 2.24) is 5.32 Å². The van der Waals surface area contributed by atoms with Gasteiger partial charge in [-0.3, -0.25) is 9.59 Å². The van der Waals surface area contributed by atoms with Crippen LogP contribution < -0.4 is 50.8 Å². The van der Waals surface area contributed by atoms with Crippen LogP contribution in [0.25, 0.3) is 0 Å². The van der Waals surface area contributed by atoms with Crippen LogP contribution in [0.2, 0.25) is 0 Å². The predicted molar refractivity (Wildman–Crippen MR) is 269 cm³/mol. The average Bonchev–Trinajstić information content (AvgIpc) is 3.92. The summed E-state index contributed by atoms with van der Waals surface area (Å²) in [5.74, 6) is 0. The molecule has 0 bridgehead atoms. The molecule has 0 radical (unpaired) electrons. The van der Waals surface area contributed by atoms with E-state index in [4.69, 9.17) is 21.3 Å². The number of rotatable bonds is 15. The molecule has 0 unspecified atom stereocenters. The molecule has 12 nitrogen and oxygen atoms in total. The Morgan fingerprint density at radius 2 is 0.873 bits per heavy atom. The molecule has 0 spiro atoms. The largest absolute Gasteiger partial charge is 0.383 e. The Hall–Kier alpha value is -5.55. The second kappa shape index (κ2) is 20.8. The van der Waals surface area contributed by atoms with Gasteiger partial charge in [-0.2, -0.15) is 0 Å². The van der Waals surface area contributed by atoms with Crippen molar-refractivity contribution in [2.75, 3.05) is 80.9 Å². The maximum absolute atomic E-state index is 11.9. The lowest BCUT2D eigenvalue weighted by molar-refractivity contribution is 0.131. The molecule has 6 aromatic rings. The summed E-state index contributed by atoms with van der Waals surface area (Å²) in [6.07, 6.45) is 0. The summed E-state index contributed by atoms with van der Waals surface area (Å²) in [5, 5.41) is 13.1. The molecular weight excluding hydrogens is 847 g/mol. The monoisotopic (exact) mass is 902 g/mol. The second-order valence-corrected chi connectivity index (χ2v) is 19.9. The Kier molecular flexibility index (Phi) is 15.0. The van der Waals surface area contributed by atoms with Gasteiger partial charge in [0.05, 0.1) is 11.2 Å². The summed E-state index contributed by atoms with van der Waals surface area (Å²) in [6.45, 7) is 12.8. The summed E-state index contributed by atoms with van der Waals surface area (Å²) < 4.78 is 22.9. The van der Waals surface area contributed by atoms with Gasteiger partial charge in [0.25, 0.3) is 10.9 Å². The zero-order chi connectivity index (χ0) is 44.4. The van der Waals surface area contributed by atoms with E-state index >= 15 is 0 Å². The lowest BCUT2D eigenvalue weighted by Gasteiger charge is -2.37. The molecule has 2 fully saturated rings. The number of nitrogens with one attached hydrogen (secondary N) is 4. The van der Waals surface area contributed by atoms with Gasteiger partial charge in [0.2, 0.25) is 16.9 Å². The van der Waals surface area contributed by atoms with E-state index in [1.165, 1.54) is 11.4 Å². The normalized spacial score (nSPS) is 14.7. The number of para-hydroxylation sites is 5. The van der Waals surface area contributed by atoms with Crippen LogP contribution in [0.1, 0.15) is 27.7 Å². The van der Waals surface area contributed by atoms with E-state index in [2.05, 4.69) is 127 Å². The first-order valence-electron chi connectivity index (χ1n) is 21.1. The minimum Gasteiger partial charge on any atom is -0.383 e. The van der Waals surface area contributed by atoms with Gasteiger partial charge in [0.1, 0.15) is 11.4 Å². The molecule has 0 aromatic heterocycles. The maximum atomic E-state index is 11.9. The van der Waals surface area contributed by atoms with Crippen LogP contribution in [0.5, 0.6) is 0 Å². The van der Waals surface area contributed by atoms with Crippen LogP contribution in [0.4, 0.5) is 39.8 Å². The number of hydrogen-bond acceptors (Lipinski definition) is 11. The maximum Gasteiger partial charge on any atom is 0.253 e. The Bertz CT molecular complexity index is 2350. The third-order valence-corrected chi connectivity index (χ3v) is 15.2. The molecule has 0 aliphatic carbocycles. The topological polar surface area (TPSA) is 114 Å². The highest BCUT2D eigenvalue weighted by Gasteiger charge is 2.40. The first kappa shape index (κ1) is 45.5. The molecular formula is C48H56N8O4P2S. The quantitative estimate of drug-likeness (QED) is 0.0446. The number of thiocarbonyl (C=S) groups is 1. The minimum absolute atomic E-state index is 0.336. The predicted octanol–water partition coefficient (Wildman–Crippen LogP) is 9.81. The fourth-order valence-electron chi connectivity index (χ4n) is 7.09. The Balaban J connectivity index is 0.000000189. The van der Waals surface area contributed by atoms with Crippen molar-refractivity contribution >= 4 is 74.0 Å². The molecule has 2 aliphatic rings. The highest BCUT2D eigenvalue weighted by atomic mass is 32.1. The zero-order valence-electron chi connectivity index (χ0n) is 36.4. The van der Waals surface area contributed by atoms with Gasteiger partial charge in [-0.25, -0.2) is 0 Å². The van der Waals surface area contributed by atoms with Crippen LogP contribution in [-0.2, 0) is 9.05 Å². The van der Waals surface area contributed by atoms with Gasteiger partial charge in [0, 0.05) is 74.8 Å². The van der Waals surface area contributed by atoms with Crippen LogP contribution in [0.3, 0.4) is 0 Å². The molecule has 0 amide bonds. The van der Waals surface area contributed by atoms with Gasteiger partial charge in [-0.15, -0.1) is 0 Å². The Labute approximate surface area is 378 Å². The van der Waals surface area contributed by atoms with Crippen molar-refractivity contribution in [2.45, 2.75) is 38.9 Å². The number of hydrogen-bond donors (Lipinski definition) is 4. The highest BCUT2D eigenvalue weighted by Crippen LogP contribution is 2.57. The van der Waals surface area contributed by atoms with E-state index in [1.54, 1.807) is 7.05 Å². The summed E-state index contributed by atoms with van der Waals surface area (Å²) >= 11 is 5.49. The fourth-order valence-corrected chi connectivity index (χ4v) is 11.6. The van der Waals surface area contributed by atoms with Crippen LogP contribution in [-0.4, -0.2) is 62.6 Å². The standard InChI is InChI=1S/C25H29N4OPS.C23H27N4O3P/c1-25(2,20-26-24(32)27-21-12-6-3-7-13-21)30-31-28(22-14-8-4-9-15-22)18-19-29(31)23-16-10-5-11-17-23;1-23(2,16-25-20-19(24-3)21(28)22(20)29)30-31-26(17-10-6-4-7-11-17)14-15-27(31)18-12-8-5-9-13-18/h3-17H,18-20H2,1-2H3,(H2,26,27,32);4-13,24-25H,14-16H2,1-3H3. The second-order valence-electron chi connectivity index (χ2n) is 16.2. The van der Waals surface area contributed by atoms with E-state index < -0.39 is 39.0 Å². The summed E-state index contributed by atoms with van der Waals surface area (Å²) in [5.41, 5.74) is 4.27. The molecule has 0 saturated carbocycles. The number of anilines is 7. The molecule has 8 rings (SSSR count). The molecule has 0 atom stereocenters. The molecule has 328 valence electrons. The third kappa shape index (κ3) is 11.5. The number of nitrogens with zero attached hydrogens (tertiary/aromatic N) is 4. The Morgan fingerprint density at radius 3 is 1.24 bits per heavy atom. The van der Waals surface area contributed by atoms with Crippen molar-refractivity contribution in [3.8, 4) is 0 Å². The average molecular weight is 903 g/mol. The van der Waals surface area contributed by atoms with E-state index in [9.17, 15) is 9.59 Å². The van der Waals surface area contributed by atoms with E-state index in [0.29, 0.717) is 29.6 Å². The van der Waals surface area contributed by atoms with Gasteiger partial charge < -0.3 is 49.0 Å². The molecule has 2 saturated heterocycles. The first-order chi connectivity index (χ1) is 30.4.